The molecule has 4 aliphatic carbocycles. The van der Waals surface area contributed by atoms with Crippen LogP contribution in [0, 0.1) is 30.6 Å². The van der Waals surface area contributed by atoms with Crippen molar-refractivity contribution in [3.05, 3.63) is 12.0 Å². The van der Waals surface area contributed by atoms with Gasteiger partial charge in [-0.25, -0.2) is 18.1 Å². The average molecular weight is 295 g/mol. The molecule has 0 saturated heterocycles. The van der Waals surface area contributed by atoms with E-state index in [9.17, 15) is 8.42 Å². The third kappa shape index (κ3) is 2.00. The zero-order valence-corrected chi connectivity index (χ0v) is 12.5. The van der Waals surface area contributed by atoms with E-state index in [4.69, 9.17) is 0 Å². The summed E-state index contributed by atoms with van der Waals surface area (Å²) in [6.45, 7) is 1.77. The molecule has 5 nitrogen and oxygen atoms in total. The molecule has 2 N–H and O–H groups in total. The second-order valence-corrected chi connectivity index (χ2v) is 8.59. The van der Waals surface area contributed by atoms with Crippen molar-refractivity contribution in [3.8, 4) is 0 Å². The van der Waals surface area contributed by atoms with Crippen LogP contribution in [0.5, 0.6) is 0 Å². The number of hydrogen-bond acceptors (Lipinski definition) is 3. The van der Waals surface area contributed by atoms with Crippen molar-refractivity contribution in [2.24, 2.45) is 23.7 Å². The molecule has 6 heteroatoms. The first kappa shape index (κ1) is 12.8. The van der Waals surface area contributed by atoms with Crippen LogP contribution in [0.2, 0.25) is 0 Å². The monoisotopic (exact) mass is 295 g/mol. The zero-order chi connectivity index (χ0) is 13.9. The Bertz CT molecular complexity index is 594. The van der Waals surface area contributed by atoms with Gasteiger partial charge in [0.05, 0.1) is 6.20 Å². The Balaban J connectivity index is 1.57. The molecule has 1 aromatic rings. The van der Waals surface area contributed by atoms with Crippen molar-refractivity contribution in [2.45, 2.75) is 50.1 Å². The summed E-state index contributed by atoms with van der Waals surface area (Å²) in [6, 6.07) is 0.136. The van der Waals surface area contributed by atoms with E-state index in [1.54, 1.807) is 6.92 Å². The largest absolute Gasteiger partial charge is 0.332 e. The minimum absolute atomic E-state index is 0.136. The van der Waals surface area contributed by atoms with Gasteiger partial charge in [0.2, 0.25) is 0 Å². The summed E-state index contributed by atoms with van der Waals surface area (Å²) in [7, 11) is -3.45. The molecule has 4 bridgehead atoms. The summed E-state index contributed by atoms with van der Waals surface area (Å²) in [4.78, 5) is 6.82. The van der Waals surface area contributed by atoms with E-state index in [0.717, 1.165) is 11.8 Å². The fourth-order valence-electron chi connectivity index (χ4n) is 4.90. The number of aromatic nitrogens is 2. The minimum atomic E-state index is -3.45. The van der Waals surface area contributed by atoms with E-state index in [2.05, 4.69) is 14.7 Å². The maximum absolute atomic E-state index is 12.5. The van der Waals surface area contributed by atoms with Gasteiger partial charge in [-0.05, 0) is 62.7 Å². The van der Waals surface area contributed by atoms with Gasteiger partial charge in [-0.2, -0.15) is 0 Å². The highest BCUT2D eigenvalue weighted by Gasteiger charge is 2.49. The van der Waals surface area contributed by atoms with Gasteiger partial charge in [-0.15, -0.1) is 0 Å². The summed E-state index contributed by atoms with van der Waals surface area (Å²) in [5, 5.41) is 0.198. The second-order valence-electron chi connectivity index (χ2n) is 6.91. The molecule has 0 aliphatic heterocycles. The van der Waals surface area contributed by atoms with E-state index in [0.29, 0.717) is 17.7 Å². The SMILES string of the molecule is Cc1ncc(S(=O)(=O)NC2C3CC4CC(C3)CC2C4)[nH]1. The van der Waals surface area contributed by atoms with Crippen LogP contribution in [0.3, 0.4) is 0 Å². The lowest BCUT2D eigenvalue weighted by atomic mass is 9.54. The fraction of sp³-hybridized carbons (Fsp3) is 0.786. The van der Waals surface area contributed by atoms with E-state index in [1.807, 2.05) is 0 Å². The number of nitrogens with zero attached hydrogens (tertiary/aromatic N) is 1. The van der Waals surface area contributed by atoms with Crippen LogP contribution in [0.25, 0.3) is 0 Å². The molecule has 0 unspecified atom stereocenters. The van der Waals surface area contributed by atoms with Gasteiger partial charge in [0, 0.05) is 6.04 Å². The van der Waals surface area contributed by atoms with Gasteiger partial charge in [0.25, 0.3) is 10.0 Å². The molecular weight excluding hydrogens is 274 g/mol. The van der Waals surface area contributed by atoms with Crippen LogP contribution in [-0.4, -0.2) is 24.4 Å². The predicted octanol–water partition coefficient (Wildman–Crippen LogP) is 1.82. The Morgan fingerprint density at radius 3 is 2.25 bits per heavy atom. The van der Waals surface area contributed by atoms with Crippen LogP contribution in [-0.2, 0) is 10.0 Å². The van der Waals surface area contributed by atoms with Crippen molar-refractivity contribution in [1.82, 2.24) is 14.7 Å². The number of nitrogens with one attached hydrogen (secondary N) is 2. The molecule has 4 fully saturated rings. The van der Waals surface area contributed by atoms with E-state index in [-0.39, 0.29) is 11.1 Å². The first-order chi connectivity index (χ1) is 9.51. The topological polar surface area (TPSA) is 74.8 Å². The maximum atomic E-state index is 12.5. The predicted molar refractivity (Wildman–Crippen MR) is 74.5 cm³/mol. The van der Waals surface area contributed by atoms with Gasteiger partial charge in [-0.3, -0.25) is 0 Å². The molecule has 1 aromatic heterocycles. The van der Waals surface area contributed by atoms with E-state index >= 15 is 0 Å². The second kappa shape index (κ2) is 4.31. The normalized spacial score (nSPS) is 39.4. The quantitative estimate of drug-likeness (QED) is 0.893. The van der Waals surface area contributed by atoms with Gasteiger partial charge in [-0.1, -0.05) is 0 Å². The molecule has 4 saturated carbocycles. The summed E-state index contributed by atoms with van der Waals surface area (Å²) < 4.78 is 27.9. The molecule has 20 heavy (non-hydrogen) atoms. The number of rotatable bonds is 3. The highest BCUT2D eigenvalue weighted by atomic mass is 32.2. The summed E-state index contributed by atoms with van der Waals surface area (Å²) in [5.41, 5.74) is 0. The van der Waals surface area contributed by atoms with Gasteiger partial charge in [0.15, 0.2) is 5.03 Å². The van der Waals surface area contributed by atoms with Crippen molar-refractivity contribution >= 4 is 10.0 Å². The lowest BCUT2D eigenvalue weighted by molar-refractivity contribution is -0.00559. The smallest absolute Gasteiger partial charge is 0.257 e. The number of sulfonamides is 1. The van der Waals surface area contributed by atoms with Crippen molar-refractivity contribution in [3.63, 3.8) is 0 Å². The highest BCUT2D eigenvalue weighted by molar-refractivity contribution is 7.89. The molecule has 110 valence electrons. The summed E-state index contributed by atoms with van der Waals surface area (Å²) in [6.07, 6.45) is 7.63. The van der Waals surface area contributed by atoms with Crippen molar-refractivity contribution in [2.75, 3.05) is 0 Å². The zero-order valence-electron chi connectivity index (χ0n) is 11.7. The molecule has 5 rings (SSSR count). The first-order valence-electron chi connectivity index (χ1n) is 7.55. The van der Waals surface area contributed by atoms with Crippen molar-refractivity contribution in [1.29, 1.82) is 0 Å². The molecule has 4 aliphatic rings. The lowest BCUT2D eigenvalue weighted by Gasteiger charge is -2.54. The Labute approximate surface area is 119 Å². The lowest BCUT2D eigenvalue weighted by Crippen LogP contribution is -2.55. The van der Waals surface area contributed by atoms with Crippen LogP contribution < -0.4 is 4.72 Å². The van der Waals surface area contributed by atoms with Gasteiger partial charge < -0.3 is 4.98 Å². The Morgan fingerprint density at radius 2 is 1.75 bits per heavy atom. The van der Waals surface area contributed by atoms with E-state index in [1.165, 1.54) is 38.3 Å². The number of imidazole rings is 1. The maximum Gasteiger partial charge on any atom is 0.257 e. The van der Waals surface area contributed by atoms with Gasteiger partial charge >= 0.3 is 0 Å². The third-order valence-electron chi connectivity index (χ3n) is 5.49. The fourth-order valence-corrected chi connectivity index (χ4v) is 6.24. The standard InChI is InChI=1S/C14H21N3O2S/c1-8-15-7-13(16-8)20(18,19)17-14-11-3-9-2-10(5-11)6-12(14)4-9/h7,9-12,14,17H,2-6H2,1H3,(H,15,16). The number of aromatic amines is 1. The highest BCUT2D eigenvalue weighted by Crippen LogP contribution is 2.53. The van der Waals surface area contributed by atoms with Crippen LogP contribution in [0.1, 0.15) is 37.9 Å². The molecule has 0 amide bonds. The van der Waals surface area contributed by atoms with Crippen LogP contribution >= 0.6 is 0 Å². The third-order valence-corrected chi connectivity index (χ3v) is 6.86. The van der Waals surface area contributed by atoms with Gasteiger partial charge in [0.1, 0.15) is 5.82 Å². The summed E-state index contributed by atoms with van der Waals surface area (Å²) in [5.74, 6) is 3.44. The molecule has 0 radical (unpaired) electrons. The molecule has 1 heterocycles. The molecular formula is C14H21N3O2S. The Hall–Kier alpha value is -0.880. The van der Waals surface area contributed by atoms with Crippen molar-refractivity contribution < 1.29 is 8.42 Å². The van der Waals surface area contributed by atoms with E-state index < -0.39 is 10.0 Å². The Kier molecular flexibility index (Phi) is 2.76. The molecule has 0 atom stereocenters. The first-order valence-corrected chi connectivity index (χ1v) is 9.03. The van der Waals surface area contributed by atoms with Crippen LogP contribution in [0.4, 0.5) is 0 Å². The minimum Gasteiger partial charge on any atom is -0.332 e. The number of hydrogen-bond donors (Lipinski definition) is 2. The van der Waals surface area contributed by atoms with Crippen LogP contribution in [0.15, 0.2) is 11.2 Å². The summed E-state index contributed by atoms with van der Waals surface area (Å²) >= 11 is 0. The molecule has 0 spiro atoms. The Morgan fingerprint density at radius 1 is 1.15 bits per heavy atom. The molecule has 0 aromatic carbocycles. The number of H-pyrrole nitrogens is 1. The average Bonchev–Trinajstić information content (AvgIpc) is 2.80. The number of aryl methyl sites for hydroxylation is 1.